The molecule has 1 N–H and O–H groups in total. The van der Waals surface area contributed by atoms with E-state index in [9.17, 15) is 18.3 Å². The molecule has 1 aromatic rings. The number of aliphatic hydroxyl groups is 1. The summed E-state index contributed by atoms with van der Waals surface area (Å²) in [7, 11) is 5.14. The molecular weight excluding hydrogens is 265 g/mol. The molecule has 0 aliphatic carbocycles. The normalized spacial score (nSPS) is 12.2. The Kier molecular flexibility index (Phi) is 7.47. The molecule has 0 aromatic heterocycles. The van der Waals surface area contributed by atoms with Crippen LogP contribution in [-0.2, 0) is 6.18 Å². The van der Waals surface area contributed by atoms with E-state index in [-0.39, 0.29) is 19.3 Å². The van der Waals surface area contributed by atoms with Crippen molar-refractivity contribution >= 4 is 28.3 Å². The Morgan fingerprint density at radius 2 is 1.82 bits per heavy atom. The summed E-state index contributed by atoms with van der Waals surface area (Å²) in [5.74, 6) is 0. The van der Waals surface area contributed by atoms with Gasteiger partial charge in [0.25, 0.3) is 0 Å². The molecule has 1 atom stereocenters. The molecule has 1 rings (SSSR count). The quantitative estimate of drug-likeness (QED) is 0.771. The summed E-state index contributed by atoms with van der Waals surface area (Å²) in [6.07, 6.45) is -5.06. The van der Waals surface area contributed by atoms with Gasteiger partial charge in [-0.25, -0.2) is 0 Å². The highest BCUT2D eigenvalue weighted by molar-refractivity contribution is 6.92. The Morgan fingerprint density at radius 1 is 1.35 bits per heavy atom. The molecule has 1 unspecified atom stereocenters. The molecule has 6 heteroatoms. The fourth-order valence-corrected chi connectivity index (χ4v) is 1.32. The van der Waals surface area contributed by atoms with Crippen LogP contribution < -0.4 is 0 Å². The minimum absolute atomic E-state index is 0.111. The highest BCUT2D eigenvalue weighted by Crippen LogP contribution is 2.31. The average Bonchev–Trinajstić information content (AvgIpc) is 2.16. The van der Waals surface area contributed by atoms with Crippen molar-refractivity contribution in [2.75, 3.05) is 0 Å². The van der Waals surface area contributed by atoms with E-state index in [0.717, 1.165) is 12.1 Å². The average molecular weight is 279 g/mol. The largest absolute Gasteiger partial charge is 0.497 e. The first-order chi connectivity index (χ1) is 7.73. The van der Waals surface area contributed by atoms with E-state index in [1.807, 2.05) is 5.05 Å². The van der Waals surface area contributed by atoms with E-state index in [2.05, 4.69) is 0 Å². The Morgan fingerprint density at radius 3 is 2.12 bits per heavy atom. The molecule has 1 aromatic carbocycles. The first-order valence-corrected chi connectivity index (χ1v) is 8.71. The molecule has 0 spiro atoms. The fraction of sp³-hybridized carbons (Fsp3) is 0.455. The van der Waals surface area contributed by atoms with Crippen molar-refractivity contribution in [1.82, 2.24) is 0 Å². The topological polar surface area (TPSA) is 20.2 Å². The molecule has 0 saturated heterocycles. The second-order valence-corrected chi connectivity index (χ2v) is 5.65. The lowest BCUT2D eigenvalue weighted by molar-refractivity contribution is -0.137. The lowest BCUT2D eigenvalue weighted by atomic mass is 10.0. The number of hydrogen-bond acceptors (Lipinski definition) is 1. The van der Waals surface area contributed by atoms with Gasteiger partial charge in [0.1, 0.15) is 0 Å². The van der Waals surface area contributed by atoms with E-state index >= 15 is 0 Å². The van der Waals surface area contributed by atoms with E-state index in [0.29, 0.717) is 11.1 Å². The zero-order valence-corrected chi connectivity index (χ0v) is 12.1. The molecule has 0 bridgehead atoms. The first-order valence-electron chi connectivity index (χ1n) is 5.15. The number of aryl methyl sites for hydroxylation is 1. The van der Waals surface area contributed by atoms with Crippen molar-refractivity contribution in [2.24, 2.45) is 0 Å². The molecule has 17 heavy (non-hydrogen) atoms. The molecule has 1 nitrogen and oxygen atoms in total. The number of halogens is 4. The summed E-state index contributed by atoms with van der Waals surface area (Å²) in [4.78, 5) is 0. The zero-order valence-electron chi connectivity index (χ0n) is 9.98. The summed E-state index contributed by atoms with van der Waals surface area (Å²) in [6.45, 7) is 3.08. The van der Waals surface area contributed by atoms with Crippen molar-refractivity contribution < 1.29 is 18.3 Å². The van der Waals surface area contributed by atoms with E-state index in [1.165, 1.54) is 13.0 Å². The van der Waals surface area contributed by atoms with Gasteiger partial charge in [-0.3, -0.25) is 0 Å². The first kappa shape index (κ1) is 17.0. The molecule has 0 heterocycles. The number of benzene rings is 1. The van der Waals surface area contributed by atoms with Crippen LogP contribution in [0.4, 0.5) is 13.2 Å². The molecular formula is C11H14ClF3MgO. The van der Waals surface area contributed by atoms with Gasteiger partial charge in [0.15, 0.2) is 0 Å². The lowest BCUT2D eigenvalue weighted by Gasteiger charge is -2.12. The maximum Gasteiger partial charge on any atom is 0.497 e. The van der Waals surface area contributed by atoms with Gasteiger partial charge in [-0.15, -0.1) is 5.05 Å². The molecule has 0 saturated carbocycles. The summed E-state index contributed by atoms with van der Waals surface area (Å²) >= 11 is -0.111. The van der Waals surface area contributed by atoms with Gasteiger partial charge < -0.3 is 14.2 Å². The van der Waals surface area contributed by atoms with Crippen LogP contribution in [0, 0.1) is 6.92 Å². The summed E-state index contributed by atoms with van der Waals surface area (Å²) in [5, 5.41) is 11.2. The van der Waals surface area contributed by atoms with Crippen molar-refractivity contribution in [3.05, 3.63) is 34.9 Å². The van der Waals surface area contributed by atoms with E-state index in [1.54, 1.807) is 6.92 Å². The maximum atomic E-state index is 12.2. The van der Waals surface area contributed by atoms with Crippen LogP contribution in [0.1, 0.15) is 29.7 Å². The second kappa shape index (κ2) is 7.46. The van der Waals surface area contributed by atoms with Crippen LogP contribution in [0.15, 0.2) is 18.2 Å². The SMILES string of the molecule is Cc1cc(C(F)(F)F)ccc1C(C)O.[CH3][Mg][Cl]. The lowest BCUT2D eigenvalue weighted by Crippen LogP contribution is -2.06. The van der Waals surface area contributed by atoms with Crippen LogP contribution in [0.5, 0.6) is 0 Å². The predicted octanol–water partition coefficient (Wildman–Crippen LogP) is 3.96. The standard InChI is InChI=1S/C10H11F3O.CH3.ClH.Mg/c1-6-5-8(10(11,12)13)3-4-9(6)7(2)14;;;/h3-5,7,14H,1-2H3;1H3;1H;/q;;;+1/p-1. The van der Waals surface area contributed by atoms with E-state index in [4.69, 9.17) is 9.07 Å². The third kappa shape index (κ3) is 5.95. The van der Waals surface area contributed by atoms with Crippen molar-refractivity contribution in [1.29, 1.82) is 0 Å². The highest BCUT2D eigenvalue weighted by atomic mass is 35.5. The minimum atomic E-state index is -4.32. The molecule has 94 valence electrons. The van der Waals surface area contributed by atoms with E-state index < -0.39 is 17.8 Å². The van der Waals surface area contributed by atoms with Gasteiger partial charge in [0.05, 0.1) is 11.7 Å². The predicted molar refractivity (Wildman–Crippen MR) is 64.3 cm³/mol. The summed E-state index contributed by atoms with van der Waals surface area (Å²) in [6, 6.07) is 3.33. The molecule has 0 fully saturated rings. The second-order valence-electron chi connectivity index (χ2n) is 3.51. The van der Waals surface area contributed by atoms with Crippen LogP contribution in [0.2, 0.25) is 5.05 Å². The number of hydrogen-bond donors (Lipinski definition) is 1. The number of aliphatic hydroxyl groups excluding tert-OH is 1. The Bertz CT molecular complexity index is 353. The molecule has 0 amide bonds. The van der Waals surface area contributed by atoms with Gasteiger partial charge >= 0.3 is 25.4 Å². The minimum Gasteiger partial charge on any atom is -0.389 e. The van der Waals surface area contributed by atoms with Crippen molar-refractivity contribution in [3.8, 4) is 0 Å². The summed E-state index contributed by atoms with van der Waals surface area (Å²) < 4.78 is 36.7. The van der Waals surface area contributed by atoms with Crippen LogP contribution in [-0.4, -0.2) is 24.4 Å². The van der Waals surface area contributed by atoms with Crippen LogP contribution in [0.25, 0.3) is 0 Å². The van der Waals surface area contributed by atoms with Crippen LogP contribution >= 0.6 is 9.07 Å². The van der Waals surface area contributed by atoms with Crippen molar-refractivity contribution in [3.63, 3.8) is 0 Å². The third-order valence-corrected chi connectivity index (χ3v) is 2.05. The zero-order chi connectivity index (χ0) is 13.6. The van der Waals surface area contributed by atoms with Gasteiger partial charge in [-0.05, 0) is 37.1 Å². The van der Waals surface area contributed by atoms with Gasteiger partial charge in [0.2, 0.25) is 0 Å². The Hall–Kier alpha value is 0.0262. The van der Waals surface area contributed by atoms with Crippen molar-refractivity contribution in [2.45, 2.75) is 31.2 Å². The maximum absolute atomic E-state index is 12.2. The van der Waals surface area contributed by atoms with Gasteiger partial charge in [-0.1, -0.05) is 6.07 Å². The molecule has 0 radical (unpaired) electrons. The highest BCUT2D eigenvalue weighted by Gasteiger charge is 2.30. The monoisotopic (exact) mass is 278 g/mol. The Labute approximate surface area is 112 Å². The number of rotatable bonds is 1. The van der Waals surface area contributed by atoms with Gasteiger partial charge in [0, 0.05) is 0 Å². The molecule has 0 aliphatic heterocycles. The van der Waals surface area contributed by atoms with Crippen LogP contribution in [0.3, 0.4) is 0 Å². The molecule has 0 aliphatic rings. The Balaban J connectivity index is 0.000000770. The number of alkyl halides is 3. The fourth-order valence-electron chi connectivity index (χ4n) is 1.32. The smallest absolute Gasteiger partial charge is 0.389 e. The van der Waals surface area contributed by atoms with Gasteiger partial charge in [-0.2, -0.15) is 13.2 Å². The third-order valence-electron chi connectivity index (χ3n) is 2.05. The summed E-state index contributed by atoms with van der Waals surface area (Å²) in [5.41, 5.74) is 0.298.